The first-order valence-corrected chi connectivity index (χ1v) is 8.05. The summed E-state index contributed by atoms with van der Waals surface area (Å²) in [6.07, 6.45) is 3.03. The zero-order valence-electron chi connectivity index (χ0n) is 13.5. The fourth-order valence-electron chi connectivity index (χ4n) is 2.36. The van der Waals surface area contributed by atoms with E-state index in [-0.39, 0.29) is 11.7 Å². The van der Waals surface area contributed by atoms with Crippen molar-refractivity contribution in [3.63, 3.8) is 0 Å². The number of nitrogens with zero attached hydrogens (tertiary/aromatic N) is 1. The lowest BCUT2D eigenvalue weighted by atomic mass is 10.1. The second-order valence-corrected chi connectivity index (χ2v) is 5.97. The second-order valence-electron chi connectivity index (χ2n) is 5.53. The van der Waals surface area contributed by atoms with Crippen molar-refractivity contribution in [2.75, 3.05) is 5.32 Å². The van der Waals surface area contributed by atoms with E-state index < -0.39 is 0 Å². The van der Waals surface area contributed by atoms with E-state index in [0.717, 1.165) is 10.9 Å². The summed E-state index contributed by atoms with van der Waals surface area (Å²) >= 11 is 5.98. The van der Waals surface area contributed by atoms with Crippen LogP contribution in [0.4, 0.5) is 5.69 Å². The highest BCUT2D eigenvalue weighted by atomic mass is 35.5. The molecule has 0 bridgehead atoms. The van der Waals surface area contributed by atoms with Gasteiger partial charge in [0.05, 0.1) is 11.2 Å². The van der Waals surface area contributed by atoms with Crippen LogP contribution in [0.5, 0.6) is 0 Å². The maximum Gasteiger partial charge on any atom is 0.248 e. The molecule has 4 nitrogen and oxygen atoms in total. The number of rotatable bonds is 4. The number of fused-ring (bicyclic) bond motifs is 1. The van der Waals surface area contributed by atoms with Gasteiger partial charge in [-0.3, -0.25) is 9.59 Å². The molecule has 1 heterocycles. The van der Waals surface area contributed by atoms with Crippen molar-refractivity contribution in [1.82, 2.24) is 4.98 Å². The molecule has 25 heavy (non-hydrogen) atoms. The third-order valence-corrected chi connectivity index (χ3v) is 3.85. The van der Waals surface area contributed by atoms with E-state index in [9.17, 15) is 9.59 Å². The van der Waals surface area contributed by atoms with Gasteiger partial charge in [0.2, 0.25) is 5.91 Å². The molecule has 3 aromatic rings. The molecule has 0 saturated carbocycles. The van der Waals surface area contributed by atoms with Crippen molar-refractivity contribution in [2.24, 2.45) is 0 Å². The monoisotopic (exact) mass is 350 g/mol. The van der Waals surface area contributed by atoms with Crippen LogP contribution in [-0.2, 0) is 4.79 Å². The molecule has 0 aliphatic carbocycles. The molecule has 0 radical (unpaired) electrons. The number of amides is 1. The Morgan fingerprint density at radius 2 is 1.88 bits per heavy atom. The molecule has 1 N–H and O–H groups in total. The van der Waals surface area contributed by atoms with Gasteiger partial charge in [-0.25, -0.2) is 4.98 Å². The molecule has 0 unspecified atom stereocenters. The number of anilines is 1. The smallest absolute Gasteiger partial charge is 0.248 e. The molecule has 2 aromatic carbocycles. The molecule has 0 aliphatic rings. The Hall–Kier alpha value is -2.98. The molecule has 5 heteroatoms. The SMILES string of the molecule is CC(=O)c1cccc(NC(=O)/C=C/c2ccc3ccc(Cl)cc3n2)c1. The first-order valence-electron chi connectivity index (χ1n) is 7.68. The van der Waals surface area contributed by atoms with Gasteiger partial charge in [-0.1, -0.05) is 35.9 Å². The summed E-state index contributed by atoms with van der Waals surface area (Å²) in [6, 6.07) is 16.0. The number of halogens is 1. The van der Waals surface area contributed by atoms with Crippen molar-refractivity contribution in [2.45, 2.75) is 6.92 Å². The zero-order chi connectivity index (χ0) is 17.8. The van der Waals surface area contributed by atoms with Crippen LogP contribution >= 0.6 is 11.6 Å². The Labute approximate surface area is 150 Å². The van der Waals surface area contributed by atoms with Gasteiger partial charge in [0.15, 0.2) is 5.78 Å². The highest BCUT2D eigenvalue weighted by Gasteiger charge is 2.03. The summed E-state index contributed by atoms with van der Waals surface area (Å²) in [7, 11) is 0. The summed E-state index contributed by atoms with van der Waals surface area (Å²) in [5.74, 6) is -0.348. The van der Waals surface area contributed by atoms with E-state index in [1.165, 1.54) is 13.0 Å². The van der Waals surface area contributed by atoms with Crippen molar-refractivity contribution in [3.8, 4) is 0 Å². The fraction of sp³-hybridized carbons (Fsp3) is 0.0500. The van der Waals surface area contributed by atoms with Crippen LogP contribution in [0.2, 0.25) is 5.02 Å². The van der Waals surface area contributed by atoms with E-state index >= 15 is 0 Å². The molecule has 0 spiro atoms. The highest BCUT2D eigenvalue weighted by molar-refractivity contribution is 6.31. The summed E-state index contributed by atoms with van der Waals surface area (Å²) in [4.78, 5) is 27.9. The zero-order valence-corrected chi connectivity index (χ0v) is 14.2. The summed E-state index contributed by atoms with van der Waals surface area (Å²) in [5.41, 5.74) is 2.54. The predicted molar refractivity (Wildman–Crippen MR) is 101 cm³/mol. The van der Waals surface area contributed by atoms with Gasteiger partial charge in [0.25, 0.3) is 0 Å². The molecule has 124 valence electrons. The van der Waals surface area contributed by atoms with Gasteiger partial charge >= 0.3 is 0 Å². The predicted octanol–water partition coefficient (Wildman–Crippen LogP) is 4.74. The lowest BCUT2D eigenvalue weighted by molar-refractivity contribution is -0.111. The number of hydrogen-bond acceptors (Lipinski definition) is 3. The maximum atomic E-state index is 12.1. The van der Waals surface area contributed by atoms with Crippen molar-refractivity contribution in [3.05, 3.63) is 77.0 Å². The molecule has 0 fully saturated rings. The van der Waals surface area contributed by atoms with E-state index in [1.54, 1.807) is 36.4 Å². The lowest BCUT2D eigenvalue weighted by Crippen LogP contribution is -2.08. The third-order valence-electron chi connectivity index (χ3n) is 3.62. The number of hydrogen-bond donors (Lipinski definition) is 1. The summed E-state index contributed by atoms with van der Waals surface area (Å²) in [5, 5.41) is 4.32. The molecule has 0 atom stereocenters. The minimum Gasteiger partial charge on any atom is -0.322 e. The maximum absolute atomic E-state index is 12.1. The van der Waals surface area contributed by atoms with Crippen molar-refractivity contribution >= 4 is 46.0 Å². The van der Waals surface area contributed by atoms with Gasteiger partial charge < -0.3 is 5.32 Å². The minimum atomic E-state index is -0.298. The quantitative estimate of drug-likeness (QED) is 0.546. The van der Waals surface area contributed by atoms with Crippen LogP contribution in [0.25, 0.3) is 17.0 Å². The molecule has 1 amide bonds. The molecular formula is C20H15ClN2O2. The number of nitrogens with one attached hydrogen (secondary N) is 1. The Bertz CT molecular complexity index is 996. The van der Waals surface area contributed by atoms with Gasteiger partial charge in [-0.05, 0) is 43.3 Å². The number of aromatic nitrogens is 1. The Morgan fingerprint density at radius 1 is 1.08 bits per heavy atom. The second kappa shape index (κ2) is 7.28. The van der Waals surface area contributed by atoms with Crippen LogP contribution in [0.3, 0.4) is 0 Å². The Balaban J connectivity index is 1.74. The lowest BCUT2D eigenvalue weighted by Gasteiger charge is -2.04. The van der Waals surface area contributed by atoms with Crippen LogP contribution < -0.4 is 5.32 Å². The minimum absolute atomic E-state index is 0.0503. The van der Waals surface area contributed by atoms with Gasteiger partial charge in [-0.15, -0.1) is 0 Å². The summed E-state index contributed by atoms with van der Waals surface area (Å²) < 4.78 is 0. The van der Waals surface area contributed by atoms with Gasteiger partial charge in [0.1, 0.15) is 0 Å². The van der Waals surface area contributed by atoms with E-state index in [0.29, 0.717) is 22.0 Å². The van der Waals surface area contributed by atoms with Crippen LogP contribution in [-0.4, -0.2) is 16.7 Å². The van der Waals surface area contributed by atoms with Gasteiger partial charge in [-0.2, -0.15) is 0 Å². The Kier molecular flexibility index (Phi) is 4.91. The average Bonchev–Trinajstić information content (AvgIpc) is 2.59. The van der Waals surface area contributed by atoms with E-state index in [2.05, 4.69) is 10.3 Å². The highest BCUT2D eigenvalue weighted by Crippen LogP contribution is 2.18. The number of carbonyl (C=O) groups is 2. The average molecular weight is 351 g/mol. The van der Waals surface area contributed by atoms with Gasteiger partial charge in [0, 0.05) is 27.7 Å². The van der Waals surface area contributed by atoms with E-state index in [1.807, 2.05) is 24.3 Å². The summed E-state index contributed by atoms with van der Waals surface area (Å²) in [6.45, 7) is 1.48. The normalized spacial score (nSPS) is 11.0. The third kappa shape index (κ3) is 4.31. The first-order chi connectivity index (χ1) is 12.0. The van der Waals surface area contributed by atoms with E-state index in [4.69, 9.17) is 11.6 Å². The largest absolute Gasteiger partial charge is 0.322 e. The van der Waals surface area contributed by atoms with Crippen LogP contribution in [0.15, 0.2) is 60.7 Å². The molecule has 0 aliphatic heterocycles. The topological polar surface area (TPSA) is 59.1 Å². The fourth-order valence-corrected chi connectivity index (χ4v) is 2.53. The molecule has 3 rings (SSSR count). The number of ketones is 1. The number of pyridine rings is 1. The number of Topliss-reactive ketones (excluding diaryl/α,β-unsaturated/α-hetero) is 1. The van der Waals surface area contributed by atoms with Crippen LogP contribution in [0.1, 0.15) is 23.0 Å². The van der Waals surface area contributed by atoms with Crippen molar-refractivity contribution in [1.29, 1.82) is 0 Å². The standard InChI is InChI=1S/C20H15ClN2O2/c1-13(24)15-3-2-4-18(11-15)23-20(25)10-9-17-8-6-14-5-7-16(21)12-19(14)22-17/h2-12H,1H3,(H,23,25)/b10-9+. The van der Waals surface area contributed by atoms with Crippen molar-refractivity contribution < 1.29 is 9.59 Å². The molecule has 0 saturated heterocycles. The van der Waals surface area contributed by atoms with Crippen LogP contribution in [0, 0.1) is 0 Å². The molecule has 1 aromatic heterocycles. The Morgan fingerprint density at radius 3 is 2.68 bits per heavy atom. The molecular weight excluding hydrogens is 336 g/mol. The first kappa shape index (κ1) is 16.9. The number of carbonyl (C=O) groups excluding carboxylic acids is 2. The number of benzene rings is 2.